The highest BCUT2D eigenvalue weighted by molar-refractivity contribution is 5.78. The average molecular weight is 260 g/mol. The second-order valence-corrected chi connectivity index (χ2v) is 5.45. The molecule has 0 amide bonds. The highest BCUT2D eigenvalue weighted by atomic mass is 16.5. The van der Waals surface area contributed by atoms with Crippen LogP contribution in [0.4, 0.5) is 0 Å². The minimum atomic E-state index is -0.0550. The monoisotopic (exact) mass is 260 g/mol. The van der Waals surface area contributed by atoms with Crippen LogP contribution in [0.2, 0.25) is 0 Å². The lowest BCUT2D eigenvalue weighted by molar-refractivity contribution is -0.147. The van der Waals surface area contributed by atoms with Crippen molar-refractivity contribution in [2.24, 2.45) is 5.92 Å². The van der Waals surface area contributed by atoms with Crippen LogP contribution >= 0.6 is 0 Å². The van der Waals surface area contributed by atoms with Crippen LogP contribution < -0.4 is 0 Å². The molecule has 1 fully saturated rings. The molecule has 2 heteroatoms. The van der Waals surface area contributed by atoms with Crippen LogP contribution in [0.15, 0.2) is 30.3 Å². The Hall–Kier alpha value is -1.31. The van der Waals surface area contributed by atoms with E-state index in [9.17, 15) is 4.79 Å². The molecule has 2 nitrogen and oxygen atoms in total. The van der Waals surface area contributed by atoms with Crippen molar-refractivity contribution in [2.45, 2.75) is 51.4 Å². The summed E-state index contributed by atoms with van der Waals surface area (Å²) in [5, 5.41) is 0. The maximum Gasteiger partial charge on any atom is 0.313 e. The lowest BCUT2D eigenvalue weighted by atomic mass is 9.85. The van der Waals surface area contributed by atoms with Crippen LogP contribution in [0.3, 0.4) is 0 Å². The zero-order valence-electron chi connectivity index (χ0n) is 11.8. The largest absolute Gasteiger partial charge is 0.465 e. The first-order chi connectivity index (χ1) is 9.33. The van der Waals surface area contributed by atoms with Crippen LogP contribution in [0.1, 0.15) is 56.9 Å². The van der Waals surface area contributed by atoms with Gasteiger partial charge in [-0.2, -0.15) is 0 Å². The SMILES string of the molecule is CCCCOC(=O)C(c1ccccc1)C1CCCC1. The number of hydrogen-bond donors (Lipinski definition) is 0. The van der Waals surface area contributed by atoms with Gasteiger partial charge in [-0.3, -0.25) is 4.79 Å². The molecule has 0 bridgehead atoms. The Morgan fingerprint density at radius 1 is 1.26 bits per heavy atom. The number of hydrogen-bond acceptors (Lipinski definition) is 2. The molecule has 1 saturated carbocycles. The summed E-state index contributed by atoms with van der Waals surface area (Å²) in [6.07, 6.45) is 6.82. The summed E-state index contributed by atoms with van der Waals surface area (Å²) in [5.74, 6) is 0.392. The van der Waals surface area contributed by atoms with E-state index in [0.717, 1.165) is 31.2 Å². The van der Waals surface area contributed by atoms with Crippen LogP contribution in [-0.4, -0.2) is 12.6 Å². The normalized spacial score (nSPS) is 17.3. The number of ether oxygens (including phenoxy) is 1. The van der Waals surface area contributed by atoms with E-state index in [2.05, 4.69) is 19.1 Å². The van der Waals surface area contributed by atoms with E-state index in [0.29, 0.717) is 12.5 Å². The van der Waals surface area contributed by atoms with Crippen LogP contribution in [0.5, 0.6) is 0 Å². The van der Waals surface area contributed by atoms with Crippen LogP contribution in [-0.2, 0) is 9.53 Å². The Morgan fingerprint density at radius 3 is 2.58 bits per heavy atom. The van der Waals surface area contributed by atoms with Gasteiger partial charge in [-0.15, -0.1) is 0 Å². The highest BCUT2D eigenvalue weighted by Gasteiger charge is 2.32. The molecule has 0 N–H and O–H groups in total. The Kier molecular flexibility index (Phi) is 5.44. The molecular formula is C17H24O2. The van der Waals surface area contributed by atoms with Crippen molar-refractivity contribution in [2.75, 3.05) is 6.61 Å². The molecule has 1 aliphatic carbocycles. The molecule has 0 heterocycles. The summed E-state index contributed by atoms with van der Waals surface area (Å²) in [5.41, 5.74) is 1.12. The fraction of sp³-hybridized carbons (Fsp3) is 0.588. The second-order valence-electron chi connectivity index (χ2n) is 5.45. The molecule has 0 radical (unpaired) electrons. The van der Waals surface area contributed by atoms with Gasteiger partial charge in [0.25, 0.3) is 0 Å². The van der Waals surface area contributed by atoms with Crippen molar-refractivity contribution < 1.29 is 9.53 Å². The number of carbonyl (C=O) groups excluding carboxylic acids is 1. The number of esters is 1. The fourth-order valence-corrected chi connectivity index (χ4v) is 2.96. The number of unbranched alkanes of at least 4 members (excludes halogenated alkanes) is 1. The fourth-order valence-electron chi connectivity index (χ4n) is 2.96. The summed E-state index contributed by atoms with van der Waals surface area (Å²) in [4.78, 5) is 12.4. The average Bonchev–Trinajstić information content (AvgIpc) is 2.94. The minimum Gasteiger partial charge on any atom is -0.465 e. The van der Waals surface area contributed by atoms with Crippen molar-refractivity contribution in [3.63, 3.8) is 0 Å². The molecular weight excluding hydrogens is 236 g/mol. The lowest BCUT2D eigenvalue weighted by Gasteiger charge is -2.22. The van der Waals surface area contributed by atoms with Gasteiger partial charge in [0.2, 0.25) is 0 Å². The molecule has 2 rings (SSSR count). The molecule has 0 saturated heterocycles. The van der Waals surface area contributed by atoms with Gasteiger partial charge in [0.05, 0.1) is 12.5 Å². The molecule has 0 aliphatic heterocycles. The van der Waals surface area contributed by atoms with E-state index in [1.807, 2.05) is 18.2 Å². The van der Waals surface area contributed by atoms with Crippen molar-refractivity contribution in [3.8, 4) is 0 Å². The van der Waals surface area contributed by atoms with Gasteiger partial charge in [0.15, 0.2) is 0 Å². The van der Waals surface area contributed by atoms with Gasteiger partial charge in [0, 0.05) is 0 Å². The van der Waals surface area contributed by atoms with E-state index < -0.39 is 0 Å². The van der Waals surface area contributed by atoms with Gasteiger partial charge < -0.3 is 4.74 Å². The molecule has 0 spiro atoms. The van der Waals surface area contributed by atoms with Crippen molar-refractivity contribution in [1.29, 1.82) is 0 Å². The number of rotatable bonds is 6. The molecule has 104 valence electrons. The third-order valence-corrected chi connectivity index (χ3v) is 4.03. The summed E-state index contributed by atoms with van der Waals surface area (Å²) >= 11 is 0. The van der Waals surface area contributed by atoms with Gasteiger partial charge >= 0.3 is 5.97 Å². The third kappa shape index (κ3) is 3.82. The standard InChI is InChI=1S/C17H24O2/c1-2-3-13-19-17(18)16(15-11-7-8-12-15)14-9-5-4-6-10-14/h4-6,9-10,15-16H,2-3,7-8,11-13H2,1H3. The van der Waals surface area contributed by atoms with E-state index in [4.69, 9.17) is 4.74 Å². The van der Waals surface area contributed by atoms with Gasteiger partial charge in [-0.1, -0.05) is 56.5 Å². The third-order valence-electron chi connectivity index (χ3n) is 4.03. The zero-order chi connectivity index (χ0) is 13.5. The molecule has 1 aromatic carbocycles. The maximum absolute atomic E-state index is 12.4. The summed E-state index contributed by atoms with van der Waals surface area (Å²) in [6.45, 7) is 2.67. The lowest BCUT2D eigenvalue weighted by Crippen LogP contribution is -2.23. The molecule has 1 unspecified atom stereocenters. The quantitative estimate of drug-likeness (QED) is 0.563. The van der Waals surface area contributed by atoms with Crippen molar-refractivity contribution in [1.82, 2.24) is 0 Å². The first kappa shape index (κ1) is 14.1. The van der Waals surface area contributed by atoms with Gasteiger partial charge in [-0.25, -0.2) is 0 Å². The topological polar surface area (TPSA) is 26.3 Å². The Bertz CT molecular complexity index is 380. The van der Waals surface area contributed by atoms with Crippen LogP contribution in [0.25, 0.3) is 0 Å². The summed E-state index contributed by atoms with van der Waals surface area (Å²) in [6, 6.07) is 10.1. The first-order valence-corrected chi connectivity index (χ1v) is 7.54. The van der Waals surface area contributed by atoms with Gasteiger partial charge in [-0.05, 0) is 30.7 Å². The molecule has 1 aromatic rings. The Balaban J connectivity index is 2.07. The van der Waals surface area contributed by atoms with Crippen molar-refractivity contribution >= 4 is 5.97 Å². The summed E-state index contributed by atoms with van der Waals surface area (Å²) < 4.78 is 5.47. The van der Waals surface area contributed by atoms with E-state index in [-0.39, 0.29) is 11.9 Å². The predicted molar refractivity (Wildman–Crippen MR) is 77.0 cm³/mol. The maximum atomic E-state index is 12.4. The van der Waals surface area contributed by atoms with E-state index in [1.54, 1.807) is 0 Å². The number of carbonyl (C=O) groups is 1. The van der Waals surface area contributed by atoms with E-state index >= 15 is 0 Å². The Morgan fingerprint density at radius 2 is 1.95 bits per heavy atom. The van der Waals surface area contributed by atoms with Crippen LogP contribution in [0, 0.1) is 5.92 Å². The molecule has 19 heavy (non-hydrogen) atoms. The second kappa shape index (κ2) is 7.32. The molecule has 0 aromatic heterocycles. The Labute approximate surface area is 116 Å². The predicted octanol–water partition coefficient (Wildman–Crippen LogP) is 4.30. The highest BCUT2D eigenvalue weighted by Crippen LogP contribution is 2.38. The molecule has 1 aliphatic rings. The summed E-state index contributed by atoms with van der Waals surface area (Å²) in [7, 11) is 0. The zero-order valence-corrected chi connectivity index (χ0v) is 11.8. The van der Waals surface area contributed by atoms with Crippen molar-refractivity contribution in [3.05, 3.63) is 35.9 Å². The first-order valence-electron chi connectivity index (χ1n) is 7.54. The van der Waals surface area contributed by atoms with Gasteiger partial charge in [0.1, 0.15) is 0 Å². The minimum absolute atomic E-state index is 0.0217. The smallest absolute Gasteiger partial charge is 0.313 e. The number of benzene rings is 1. The van der Waals surface area contributed by atoms with E-state index in [1.165, 1.54) is 12.8 Å². The molecule has 1 atom stereocenters.